The van der Waals surface area contributed by atoms with Crippen LogP contribution in [0.5, 0.6) is 5.75 Å². The first-order valence-electron chi connectivity index (χ1n) is 4.84. The van der Waals surface area contributed by atoms with Crippen LogP contribution in [0.1, 0.15) is 6.92 Å². The van der Waals surface area contributed by atoms with E-state index in [9.17, 15) is 4.79 Å². The van der Waals surface area contributed by atoms with Crippen molar-refractivity contribution in [1.29, 1.82) is 0 Å². The number of carbonyl (C=O) groups is 1. The maximum Gasteiger partial charge on any atom is 0.243 e. The number of hydrogen-bond acceptors (Lipinski definition) is 3. The van der Waals surface area contributed by atoms with Gasteiger partial charge in [0.15, 0.2) is 0 Å². The highest BCUT2D eigenvalue weighted by Crippen LogP contribution is 2.28. The van der Waals surface area contributed by atoms with Gasteiger partial charge in [-0.05, 0) is 25.1 Å². The third-order valence-electron chi connectivity index (χ3n) is 2.24. The number of anilines is 1. The Labute approximate surface area is 99.9 Å². The smallest absolute Gasteiger partial charge is 0.243 e. The molecule has 1 atom stereocenters. The van der Waals surface area contributed by atoms with E-state index in [4.69, 9.17) is 22.1 Å². The summed E-state index contributed by atoms with van der Waals surface area (Å²) >= 11 is 5.96. The molecule has 0 aliphatic heterocycles. The number of ether oxygens (including phenoxy) is 1. The molecule has 1 unspecified atom stereocenters. The van der Waals surface area contributed by atoms with E-state index in [1.165, 1.54) is 12.0 Å². The number of rotatable bonds is 3. The summed E-state index contributed by atoms with van der Waals surface area (Å²) in [6, 6.07) is 4.60. The molecule has 0 saturated heterocycles. The van der Waals surface area contributed by atoms with Crippen LogP contribution in [0.4, 0.5) is 5.69 Å². The number of methoxy groups -OCH3 is 1. The van der Waals surface area contributed by atoms with Gasteiger partial charge in [0.05, 0.1) is 18.2 Å². The van der Waals surface area contributed by atoms with Crippen molar-refractivity contribution in [2.24, 2.45) is 5.73 Å². The van der Waals surface area contributed by atoms with Crippen molar-refractivity contribution in [3.05, 3.63) is 23.2 Å². The molecule has 0 aliphatic carbocycles. The standard InChI is InChI=1S/C11H15ClN2O2/c1-7(13)11(15)14(2)8-4-5-10(16-3)9(12)6-8/h4-7H,13H2,1-3H3. The van der Waals surface area contributed by atoms with Crippen molar-refractivity contribution in [3.63, 3.8) is 0 Å². The molecule has 88 valence electrons. The summed E-state index contributed by atoms with van der Waals surface area (Å²) in [5, 5.41) is 0.462. The van der Waals surface area contributed by atoms with Gasteiger partial charge in [0.25, 0.3) is 0 Å². The molecule has 0 radical (unpaired) electrons. The Morgan fingerprint density at radius 3 is 2.62 bits per heavy atom. The topological polar surface area (TPSA) is 55.6 Å². The summed E-state index contributed by atoms with van der Waals surface area (Å²) in [5.74, 6) is 0.410. The molecule has 2 N–H and O–H groups in total. The summed E-state index contributed by atoms with van der Waals surface area (Å²) in [5.41, 5.74) is 6.21. The van der Waals surface area contributed by atoms with E-state index in [2.05, 4.69) is 0 Å². The molecule has 1 aromatic rings. The number of amides is 1. The second-order valence-electron chi connectivity index (χ2n) is 3.50. The van der Waals surface area contributed by atoms with Gasteiger partial charge >= 0.3 is 0 Å². The Balaban J connectivity index is 2.97. The molecule has 0 aliphatic rings. The quantitative estimate of drug-likeness (QED) is 0.877. The highest BCUT2D eigenvalue weighted by atomic mass is 35.5. The largest absolute Gasteiger partial charge is 0.495 e. The van der Waals surface area contributed by atoms with Gasteiger partial charge in [-0.15, -0.1) is 0 Å². The van der Waals surface area contributed by atoms with Gasteiger partial charge in [-0.1, -0.05) is 11.6 Å². The minimum absolute atomic E-state index is 0.166. The van der Waals surface area contributed by atoms with Crippen molar-refractivity contribution in [1.82, 2.24) is 0 Å². The summed E-state index contributed by atoms with van der Waals surface area (Å²) in [7, 11) is 3.20. The zero-order valence-corrected chi connectivity index (χ0v) is 10.3. The predicted octanol–water partition coefficient (Wildman–Crippen LogP) is 1.66. The van der Waals surface area contributed by atoms with E-state index >= 15 is 0 Å². The van der Waals surface area contributed by atoms with Gasteiger partial charge in [-0.2, -0.15) is 0 Å². The molecule has 0 bridgehead atoms. The van der Waals surface area contributed by atoms with E-state index in [0.717, 1.165) is 0 Å². The Kier molecular flexibility index (Phi) is 4.15. The van der Waals surface area contributed by atoms with Gasteiger partial charge < -0.3 is 15.4 Å². The number of carbonyl (C=O) groups excluding carboxylic acids is 1. The third kappa shape index (κ3) is 2.65. The van der Waals surface area contributed by atoms with Crippen LogP contribution in [0.2, 0.25) is 5.02 Å². The number of hydrogen-bond donors (Lipinski definition) is 1. The average molecular weight is 243 g/mol. The Bertz CT molecular complexity index is 394. The first-order chi connectivity index (χ1) is 7.47. The summed E-state index contributed by atoms with van der Waals surface area (Å²) < 4.78 is 5.03. The van der Waals surface area contributed by atoms with E-state index in [0.29, 0.717) is 16.5 Å². The zero-order valence-electron chi connectivity index (χ0n) is 9.53. The fourth-order valence-electron chi connectivity index (χ4n) is 1.30. The molecular formula is C11H15ClN2O2. The molecule has 0 spiro atoms. The molecule has 4 nitrogen and oxygen atoms in total. The fraction of sp³-hybridized carbons (Fsp3) is 0.364. The zero-order chi connectivity index (χ0) is 12.3. The van der Waals surface area contributed by atoms with Crippen LogP contribution in [-0.2, 0) is 4.79 Å². The molecule has 0 aromatic heterocycles. The summed E-state index contributed by atoms with van der Waals surface area (Å²) in [6.07, 6.45) is 0. The number of nitrogens with two attached hydrogens (primary N) is 1. The third-order valence-corrected chi connectivity index (χ3v) is 2.54. The van der Waals surface area contributed by atoms with E-state index in [1.807, 2.05) is 0 Å². The van der Waals surface area contributed by atoms with Gasteiger partial charge in [0, 0.05) is 12.7 Å². The van der Waals surface area contributed by atoms with Crippen LogP contribution in [-0.4, -0.2) is 26.1 Å². The van der Waals surface area contributed by atoms with Crippen LogP contribution in [0.25, 0.3) is 0 Å². The molecule has 5 heteroatoms. The molecule has 0 fully saturated rings. The number of halogens is 1. The van der Waals surface area contributed by atoms with Crippen LogP contribution >= 0.6 is 11.6 Å². The maximum atomic E-state index is 11.6. The Morgan fingerprint density at radius 2 is 2.19 bits per heavy atom. The van der Waals surface area contributed by atoms with Crippen molar-refractivity contribution >= 4 is 23.2 Å². The average Bonchev–Trinajstić information content (AvgIpc) is 2.26. The SMILES string of the molecule is COc1ccc(N(C)C(=O)C(C)N)cc1Cl. The lowest BCUT2D eigenvalue weighted by Gasteiger charge is -2.20. The van der Waals surface area contributed by atoms with Gasteiger partial charge in [-0.3, -0.25) is 4.79 Å². The molecule has 1 rings (SSSR count). The van der Waals surface area contributed by atoms with Crippen molar-refractivity contribution < 1.29 is 9.53 Å². The van der Waals surface area contributed by atoms with Crippen molar-refractivity contribution in [2.45, 2.75) is 13.0 Å². The minimum atomic E-state index is -0.536. The first kappa shape index (κ1) is 12.8. The van der Waals surface area contributed by atoms with Crippen molar-refractivity contribution in [2.75, 3.05) is 19.1 Å². The molecular weight excluding hydrogens is 228 g/mol. The lowest BCUT2D eigenvalue weighted by atomic mass is 10.2. The molecule has 16 heavy (non-hydrogen) atoms. The normalized spacial score (nSPS) is 12.1. The number of benzene rings is 1. The molecule has 0 heterocycles. The molecule has 1 amide bonds. The van der Waals surface area contributed by atoms with Gasteiger partial charge in [0.2, 0.25) is 5.91 Å². The molecule has 0 saturated carbocycles. The van der Waals surface area contributed by atoms with Gasteiger partial charge in [0.1, 0.15) is 5.75 Å². The highest BCUT2D eigenvalue weighted by Gasteiger charge is 2.15. The van der Waals surface area contributed by atoms with Crippen LogP contribution in [0.3, 0.4) is 0 Å². The van der Waals surface area contributed by atoms with E-state index in [1.54, 1.807) is 32.2 Å². The van der Waals surface area contributed by atoms with Crippen molar-refractivity contribution in [3.8, 4) is 5.75 Å². The number of nitrogens with zero attached hydrogens (tertiary/aromatic N) is 1. The monoisotopic (exact) mass is 242 g/mol. The highest BCUT2D eigenvalue weighted by molar-refractivity contribution is 6.32. The van der Waals surface area contributed by atoms with E-state index in [-0.39, 0.29) is 5.91 Å². The Hall–Kier alpha value is -1.26. The second kappa shape index (κ2) is 5.18. The number of likely N-dealkylation sites (N-methyl/N-ethyl adjacent to an activating group) is 1. The van der Waals surface area contributed by atoms with E-state index < -0.39 is 6.04 Å². The van der Waals surface area contributed by atoms with Crippen LogP contribution in [0, 0.1) is 0 Å². The minimum Gasteiger partial charge on any atom is -0.495 e. The van der Waals surface area contributed by atoms with Crippen LogP contribution in [0.15, 0.2) is 18.2 Å². The lowest BCUT2D eigenvalue weighted by molar-refractivity contribution is -0.119. The lowest BCUT2D eigenvalue weighted by Crippen LogP contribution is -2.39. The fourth-order valence-corrected chi connectivity index (χ4v) is 1.55. The summed E-state index contributed by atoms with van der Waals surface area (Å²) in [4.78, 5) is 13.1. The maximum absolute atomic E-state index is 11.6. The van der Waals surface area contributed by atoms with Crippen LogP contribution < -0.4 is 15.4 Å². The Morgan fingerprint density at radius 1 is 1.56 bits per heavy atom. The van der Waals surface area contributed by atoms with Gasteiger partial charge in [-0.25, -0.2) is 0 Å². The molecule has 1 aromatic carbocycles. The first-order valence-corrected chi connectivity index (χ1v) is 5.22. The second-order valence-corrected chi connectivity index (χ2v) is 3.91. The summed E-state index contributed by atoms with van der Waals surface area (Å²) in [6.45, 7) is 1.64. The predicted molar refractivity (Wildman–Crippen MR) is 65.1 cm³/mol.